The Morgan fingerprint density at radius 2 is 2.00 bits per heavy atom. The standard InChI is InChI=1S/C14H19F3O3/c15-14(16,17)13(18)10-2-1-3-12(19-10)20-11-7-8-4-5-9(11)6-8/h4-5,8-13,18H,1-3,6-7H2. The predicted octanol–water partition coefficient (Wildman–Crippen LogP) is 2.79. The number of allylic oxidation sites excluding steroid dienone is 1. The van der Waals surface area contributed by atoms with Crippen molar-refractivity contribution in [1.82, 2.24) is 0 Å². The fourth-order valence-electron chi connectivity index (χ4n) is 3.44. The number of halogens is 3. The van der Waals surface area contributed by atoms with E-state index in [0.717, 1.165) is 12.8 Å². The highest BCUT2D eigenvalue weighted by atomic mass is 19.4. The van der Waals surface area contributed by atoms with Gasteiger partial charge in [0.15, 0.2) is 12.4 Å². The summed E-state index contributed by atoms with van der Waals surface area (Å²) in [6.45, 7) is 0. The van der Waals surface area contributed by atoms with Gasteiger partial charge in [0, 0.05) is 5.92 Å². The maximum absolute atomic E-state index is 12.5. The lowest BCUT2D eigenvalue weighted by atomic mass is 10.0. The van der Waals surface area contributed by atoms with E-state index < -0.39 is 24.7 Å². The van der Waals surface area contributed by atoms with E-state index in [1.165, 1.54) is 0 Å². The molecular formula is C14H19F3O3. The van der Waals surface area contributed by atoms with Crippen LogP contribution in [0, 0.1) is 11.8 Å². The number of hydrogen-bond donors (Lipinski definition) is 1. The monoisotopic (exact) mass is 292 g/mol. The van der Waals surface area contributed by atoms with Crippen LogP contribution in [0.4, 0.5) is 13.2 Å². The molecule has 0 amide bonds. The molecule has 0 spiro atoms. The topological polar surface area (TPSA) is 38.7 Å². The fourth-order valence-corrected chi connectivity index (χ4v) is 3.44. The molecule has 0 aromatic carbocycles. The van der Waals surface area contributed by atoms with E-state index in [4.69, 9.17) is 9.47 Å². The number of hydrogen-bond acceptors (Lipinski definition) is 3. The number of ether oxygens (including phenoxy) is 2. The first-order valence-electron chi connectivity index (χ1n) is 7.17. The highest BCUT2D eigenvalue weighted by molar-refractivity contribution is 5.11. The molecule has 1 N–H and O–H groups in total. The lowest BCUT2D eigenvalue weighted by Crippen LogP contribution is -2.46. The van der Waals surface area contributed by atoms with E-state index in [1.54, 1.807) is 0 Å². The molecule has 1 heterocycles. The van der Waals surface area contributed by atoms with E-state index in [1.807, 2.05) is 0 Å². The number of rotatable bonds is 3. The third-order valence-corrected chi connectivity index (χ3v) is 4.49. The molecule has 0 aromatic rings. The summed E-state index contributed by atoms with van der Waals surface area (Å²) in [5.41, 5.74) is 0. The van der Waals surface area contributed by atoms with Crippen LogP contribution in [0.5, 0.6) is 0 Å². The van der Waals surface area contributed by atoms with Gasteiger partial charge in [-0.15, -0.1) is 0 Å². The Morgan fingerprint density at radius 3 is 2.60 bits per heavy atom. The van der Waals surface area contributed by atoms with Gasteiger partial charge in [0.1, 0.15) is 0 Å². The van der Waals surface area contributed by atoms with Crippen molar-refractivity contribution in [3.8, 4) is 0 Å². The van der Waals surface area contributed by atoms with E-state index in [2.05, 4.69) is 12.2 Å². The second-order valence-electron chi connectivity index (χ2n) is 5.98. The Hall–Kier alpha value is -0.590. The van der Waals surface area contributed by atoms with Gasteiger partial charge in [0.2, 0.25) is 0 Å². The fraction of sp³-hybridized carbons (Fsp3) is 0.857. The van der Waals surface area contributed by atoms with E-state index in [9.17, 15) is 18.3 Å². The molecule has 6 heteroatoms. The zero-order chi connectivity index (χ0) is 14.3. The summed E-state index contributed by atoms with van der Waals surface area (Å²) in [6, 6.07) is 0. The highest BCUT2D eigenvalue weighted by Gasteiger charge is 2.46. The van der Waals surface area contributed by atoms with Gasteiger partial charge in [-0.1, -0.05) is 12.2 Å². The smallest absolute Gasteiger partial charge is 0.381 e. The van der Waals surface area contributed by atoms with Crippen LogP contribution in [0.3, 0.4) is 0 Å². The minimum Gasteiger partial charge on any atom is -0.381 e. The highest BCUT2D eigenvalue weighted by Crippen LogP contribution is 2.42. The zero-order valence-electron chi connectivity index (χ0n) is 11.1. The van der Waals surface area contributed by atoms with Crippen molar-refractivity contribution in [2.75, 3.05) is 0 Å². The molecule has 0 radical (unpaired) electrons. The Labute approximate surface area is 115 Å². The van der Waals surface area contributed by atoms with Crippen molar-refractivity contribution >= 4 is 0 Å². The number of alkyl halides is 3. The van der Waals surface area contributed by atoms with Crippen LogP contribution >= 0.6 is 0 Å². The quantitative estimate of drug-likeness (QED) is 0.813. The molecule has 114 valence electrons. The molecule has 1 saturated heterocycles. The van der Waals surface area contributed by atoms with Gasteiger partial charge in [-0.2, -0.15) is 13.2 Å². The third-order valence-electron chi connectivity index (χ3n) is 4.49. The van der Waals surface area contributed by atoms with Crippen molar-refractivity contribution in [2.24, 2.45) is 11.8 Å². The molecule has 3 rings (SSSR count). The van der Waals surface area contributed by atoms with Gasteiger partial charge in [0.25, 0.3) is 0 Å². The van der Waals surface area contributed by atoms with Gasteiger partial charge < -0.3 is 14.6 Å². The summed E-state index contributed by atoms with van der Waals surface area (Å²) < 4.78 is 48.7. The summed E-state index contributed by atoms with van der Waals surface area (Å²) in [5.74, 6) is 0.918. The molecule has 0 aromatic heterocycles. The molecule has 2 bridgehead atoms. The van der Waals surface area contributed by atoms with E-state index in [-0.39, 0.29) is 12.5 Å². The Morgan fingerprint density at radius 1 is 1.20 bits per heavy atom. The van der Waals surface area contributed by atoms with Gasteiger partial charge in [0.05, 0.1) is 12.2 Å². The molecule has 20 heavy (non-hydrogen) atoms. The predicted molar refractivity (Wildman–Crippen MR) is 64.8 cm³/mol. The molecule has 6 atom stereocenters. The van der Waals surface area contributed by atoms with E-state index in [0.29, 0.717) is 24.7 Å². The van der Waals surface area contributed by atoms with Crippen LogP contribution in [0.1, 0.15) is 32.1 Å². The summed E-state index contributed by atoms with van der Waals surface area (Å²) in [4.78, 5) is 0. The normalized spacial score (nSPS) is 42.1. The van der Waals surface area contributed by atoms with E-state index >= 15 is 0 Å². The van der Waals surface area contributed by atoms with Crippen LogP contribution in [-0.2, 0) is 9.47 Å². The Bertz CT molecular complexity index is 382. The van der Waals surface area contributed by atoms with Gasteiger partial charge in [-0.3, -0.25) is 0 Å². The minimum absolute atomic E-state index is 0.0526. The first-order valence-corrected chi connectivity index (χ1v) is 7.17. The van der Waals surface area contributed by atoms with Crippen LogP contribution in [0.25, 0.3) is 0 Å². The first kappa shape index (κ1) is 14.4. The maximum Gasteiger partial charge on any atom is 0.416 e. The molecule has 6 unspecified atom stereocenters. The number of aliphatic hydroxyl groups excluding tert-OH is 1. The van der Waals surface area contributed by atoms with Crippen molar-refractivity contribution in [3.63, 3.8) is 0 Å². The summed E-state index contributed by atoms with van der Waals surface area (Å²) in [5, 5.41) is 9.28. The first-order chi connectivity index (χ1) is 9.43. The Balaban J connectivity index is 1.54. The van der Waals surface area contributed by atoms with Crippen LogP contribution in [0.2, 0.25) is 0 Å². The van der Waals surface area contributed by atoms with Gasteiger partial charge >= 0.3 is 6.18 Å². The average Bonchev–Trinajstić information content (AvgIpc) is 2.99. The zero-order valence-corrected chi connectivity index (χ0v) is 11.1. The average molecular weight is 292 g/mol. The minimum atomic E-state index is -4.64. The van der Waals surface area contributed by atoms with Crippen LogP contribution in [-0.4, -0.2) is 35.9 Å². The molecule has 2 fully saturated rings. The summed E-state index contributed by atoms with van der Waals surface area (Å²) in [6.07, 6.45) is -1.13. The number of fused-ring (bicyclic) bond motifs is 2. The molecule has 1 aliphatic heterocycles. The second-order valence-corrected chi connectivity index (χ2v) is 5.98. The lowest BCUT2D eigenvalue weighted by Gasteiger charge is -2.35. The number of aliphatic hydroxyl groups is 1. The van der Waals surface area contributed by atoms with Crippen molar-refractivity contribution in [3.05, 3.63) is 12.2 Å². The SMILES string of the molecule is OC(C1CCCC(OC2CC3C=CC2C3)O1)C(F)(F)F. The Kier molecular flexibility index (Phi) is 3.81. The van der Waals surface area contributed by atoms with Crippen molar-refractivity contribution in [1.29, 1.82) is 0 Å². The van der Waals surface area contributed by atoms with Gasteiger partial charge in [-0.25, -0.2) is 0 Å². The van der Waals surface area contributed by atoms with Crippen molar-refractivity contribution in [2.45, 2.75) is 62.9 Å². The molecule has 2 aliphatic carbocycles. The molecule has 3 nitrogen and oxygen atoms in total. The summed E-state index contributed by atoms with van der Waals surface area (Å²) >= 11 is 0. The molecule has 3 aliphatic rings. The van der Waals surface area contributed by atoms with Crippen molar-refractivity contribution < 1.29 is 27.8 Å². The van der Waals surface area contributed by atoms with Crippen LogP contribution in [0.15, 0.2) is 12.2 Å². The molecular weight excluding hydrogens is 273 g/mol. The summed E-state index contributed by atoms with van der Waals surface area (Å²) in [7, 11) is 0. The van der Waals surface area contributed by atoms with Gasteiger partial charge in [-0.05, 0) is 38.0 Å². The lowest BCUT2D eigenvalue weighted by molar-refractivity contribution is -0.284. The third kappa shape index (κ3) is 2.87. The molecule has 1 saturated carbocycles. The maximum atomic E-state index is 12.5. The van der Waals surface area contributed by atoms with Crippen LogP contribution < -0.4 is 0 Å². The largest absolute Gasteiger partial charge is 0.416 e. The second kappa shape index (κ2) is 5.31.